The lowest BCUT2D eigenvalue weighted by atomic mass is 10.2. The van der Waals surface area contributed by atoms with E-state index in [2.05, 4.69) is 21.2 Å². The van der Waals surface area contributed by atoms with Crippen molar-refractivity contribution in [3.8, 4) is 5.75 Å². The van der Waals surface area contributed by atoms with Crippen LogP contribution < -0.4 is 15.8 Å². The molecule has 1 amide bonds. The molecule has 1 aromatic rings. The molecule has 6 heteroatoms. The Hall–Kier alpha value is -0.720. The number of carbonyl (C=O) groups is 1. The quantitative estimate of drug-likeness (QED) is 0.783. The lowest BCUT2D eigenvalue weighted by Crippen LogP contribution is -2.36. The maximum Gasteiger partial charge on any atom is 0.241 e. The van der Waals surface area contributed by atoms with E-state index in [9.17, 15) is 4.79 Å². The van der Waals surface area contributed by atoms with Crippen LogP contribution in [-0.4, -0.2) is 30.1 Å². The summed E-state index contributed by atoms with van der Waals surface area (Å²) in [7, 11) is 0. The Morgan fingerprint density at radius 1 is 1.45 bits per heavy atom. The highest BCUT2D eigenvalue weighted by Gasteiger charge is 2.14. The van der Waals surface area contributed by atoms with Crippen molar-refractivity contribution in [2.24, 2.45) is 5.73 Å². The van der Waals surface area contributed by atoms with Gasteiger partial charge in [0.1, 0.15) is 5.75 Å². The Balaban J connectivity index is 2.71. The summed E-state index contributed by atoms with van der Waals surface area (Å²) in [4.78, 5) is 12.0. The molecule has 112 valence electrons. The first-order valence-corrected chi connectivity index (χ1v) is 8.63. The van der Waals surface area contributed by atoms with Gasteiger partial charge in [0.2, 0.25) is 5.91 Å². The summed E-state index contributed by atoms with van der Waals surface area (Å²) in [5, 5.41) is 2.82. The van der Waals surface area contributed by atoms with Gasteiger partial charge >= 0.3 is 0 Å². The monoisotopic (exact) mass is 360 g/mol. The van der Waals surface area contributed by atoms with E-state index in [4.69, 9.17) is 10.5 Å². The predicted molar refractivity (Wildman–Crippen MR) is 89.5 cm³/mol. The summed E-state index contributed by atoms with van der Waals surface area (Å²) >= 11 is 5.08. The fourth-order valence-corrected chi connectivity index (χ4v) is 2.55. The molecular weight excluding hydrogens is 340 g/mol. The summed E-state index contributed by atoms with van der Waals surface area (Å²) < 4.78 is 6.48. The Morgan fingerprint density at radius 2 is 2.15 bits per heavy atom. The molecule has 0 aliphatic heterocycles. The first kappa shape index (κ1) is 17.3. The van der Waals surface area contributed by atoms with Crippen molar-refractivity contribution in [1.29, 1.82) is 0 Å². The topological polar surface area (TPSA) is 64.4 Å². The maximum atomic E-state index is 12.0. The largest absolute Gasteiger partial charge is 0.491 e. The van der Waals surface area contributed by atoms with Gasteiger partial charge in [0, 0.05) is 16.2 Å². The zero-order valence-corrected chi connectivity index (χ0v) is 14.4. The maximum absolute atomic E-state index is 12.0. The summed E-state index contributed by atoms with van der Waals surface area (Å²) in [6.45, 7) is 3.91. The number of benzene rings is 1. The molecule has 0 heterocycles. The molecule has 0 saturated heterocycles. The minimum Gasteiger partial charge on any atom is -0.491 e. The highest BCUT2D eigenvalue weighted by atomic mass is 79.9. The van der Waals surface area contributed by atoms with Crippen LogP contribution >= 0.6 is 27.7 Å². The third-order valence-electron chi connectivity index (χ3n) is 2.48. The third kappa shape index (κ3) is 6.15. The molecule has 1 rings (SSSR count). The van der Waals surface area contributed by atoms with Crippen LogP contribution in [0.3, 0.4) is 0 Å². The summed E-state index contributed by atoms with van der Waals surface area (Å²) in [6, 6.07) is 5.00. The predicted octanol–water partition coefficient (Wildman–Crippen LogP) is 3.26. The van der Waals surface area contributed by atoms with Crippen molar-refractivity contribution in [2.45, 2.75) is 32.4 Å². The Bertz CT molecular complexity index is 455. The van der Waals surface area contributed by atoms with E-state index in [1.54, 1.807) is 17.8 Å². The number of nitrogens with two attached hydrogens (primary N) is 1. The molecule has 3 N–H and O–H groups in total. The number of thioether (sulfide) groups is 1. The van der Waals surface area contributed by atoms with Crippen LogP contribution in [0.2, 0.25) is 0 Å². The molecular formula is C14H21BrN2O2S. The van der Waals surface area contributed by atoms with Gasteiger partial charge in [-0.15, -0.1) is 0 Å². The van der Waals surface area contributed by atoms with Crippen LogP contribution in [0.5, 0.6) is 5.75 Å². The van der Waals surface area contributed by atoms with E-state index in [-0.39, 0.29) is 12.0 Å². The molecule has 0 saturated carbocycles. The van der Waals surface area contributed by atoms with Crippen molar-refractivity contribution < 1.29 is 9.53 Å². The fraction of sp³-hybridized carbons (Fsp3) is 0.500. The van der Waals surface area contributed by atoms with Crippen molar-refractivity contribution in [3.63, 3.8) is 0 Å². The molecule has 0 aliphatic carbocycles. The molecule has 1 aromatic carbocycles. The summed E-state index contributed by atoms with van der Waals surface area (Å²) in [6.07, 6.45) is 2.74. The van der Waals surface area contributed by atoms with Gasteiger partial charge in [-0.1, -0.05) is 15.9 Å². The second kappa shape index (κ2) is 8.54. The number of ether oxygens (including phenoxy) is 1. The summed E-state index contributed by atoms with van der Waals surface area (Å²) in [5.41, 5.74) is 6.52. The second-order valence-corrected chi connectivity index (χ2v) is 6.62. The summed E-state index contributed by atoms with van der Waals surface area (Å²) in [5.74, 6) is 1.41. The number of rotatable bonds is 7. The van der Waals surface area contributed by atoms with Crippen LogP contribution in [0.4, 0.5) is 5.69 Å². The minimum atomic E-state index is -0.490. The van der Waals surface area contributed by atoms with E-state index in [0.717, 1.165) is 10.2 Å². The van der Waals surface area contributed by atoms with Gasteiger partial charge in [-0.25, -0.2) is 0 Å². The van der Waals surface area contributed by atoms with Gasteiger partial charge in [0.15, 0.2) is 0 Å². The smallest absolute Gasteiger partial charge is 0.241 e. The molecule has 20 heavy (non-hydrogen) atoms. The number of anilines is 1. The molecule has 4 nitrogen and oxygen atoms in total. The van der Waals surface area contributed by atoms with Crippen LogP contribution in [0.1, 0.15) is 20.3 Å². The van der Waals surface area contributed by atoms with E-state index >= 15 is 0 Å². The Morgan fingerprint density at radius 3 is 2.75 bits per heavy atom. The van der Waals surface area contributed by atoms with Gasteiger partial charge < -0.3 is 15.8 Å². The molecule has 0 fully saturated rings. The number of amides is 1. The zero-order valence-electron chi connectivity index (χ0n) is 12.0. The number of hydrogen-bond acceptors (Lipinski definition) is 4. The van der Waals surface area contributed by atoms with Gasteiger partial charge in [0.25, 0.3) is 0 Å². The number of hydrogen-bond donors (Lipinski definition) is 2. The first-order valence-electron chi connectivity index (χ1n) is 6.45. The standard InChI is InChI=1S/C14H21BrN2O2S/c1-9(2)19-12-7-10(15)6-11(8-12)17-14(18)13(16)4-5-20-3/h6-9,13H,4-5,16H2,1-3H3,(H,17,18)/t13-/m0/s1. The fourth-order valence-electron chi connectivity index (χ4n) is 1.59. The second-order valence-electron chi connectivity index (χ2n) is 4.72. The molecule has 0 aliphatic rings. The molecule has 1 atom stereocenters. The van der Waals surface area contributed by atoms with Crippen molar-refractivity contribution >= 4 is 39.3 Å². The average Bonchev–Trinajstić information content (AvgIpc) is 2.34. The van der Waals surface area contributed by atoms with Crippen molar-refractivity contribution in [2.75, 3.05) is 17.3 Å². The minimum absolute atomic E-state index is 0.0803. The lowest BCUT2D eigenvalue weighted by molar-refractivity contribution is -0.117. The highest BCUT2D eigenvalue weighted by Crippen LogP contribution is 2.25. The van der Waals surface area contributed by atoms with Crippen LogP contribution in [0, 0.1) is 0 Å². The van der Waals surface area contributed by atoms with E-state index in [1.807, 2.05) is 32.2 Å². The first-order chi connectivity index (χ1) is 9.42. The molecule has 0 radical (unpaired) electrons. The average molecular weight is 361 g/mol. The van der Waals surface area contributed by atoms with E-state index in [0.29, 0.717) is 17.9 Å². The number of carbonyl (C=O) groups excluding carboxylic acids is 1. The van der Waals surface area contributed by atoms with Crippen molar-refractivity contribution in [1.82, 2.24) is 0 Å². The van der Waals surface area contributed by atoms with Crippen LogP contribution in [-0.2, 0) is 4.79 Å². The normalized spacial score (nSPS) is 12.3. The van der Waals surface area contributed by atoms with Gasteiger partial charge in [-0.3, -0.25) is 4.79 Å². The van der Waals surface area contributed by atoms with Crippen LogP contribution in [0.25, 0.3) is 0 Å². The van der Waals surface area contributed by atoms with Gasteiger partial charge in [-0.05, 0) is 44.4 Å². The zero-order chi connectivity index (χ0) is 15.1. The molecule has 0 unspecified atom stereocenters. The molecule has 0 bridgehead atoms. The van der Waals surface area contributed by atoms with E-state index < -0.39 is 6.04 Å². The lowest BCUT2D eigenvalue weighted by Gasteiger charge is -2.14. The van der Waals surface area contributed by atoms with E-state index in [1.165, 1.54) is 0 Å². The molecule has 0 spiro atoms. The highest BCUT2D eigenvalue weighted by molar-refractivity contribution is 9.10. The van der Waals surface area contributed by atoms with Crippen molar-refractivity contribution in [3.05, 3.63) is 22.7 Å². The number of halogens is 1. The Labute approximate surface area is 133 Å². The van der Waals surface area contributed by atoms with Crippen LogP contribution in [0.15, 0.2) is 22.7 Å². The van der Waals surface area contributed by atoms with Gasteiger partial charge in [-0.2, -0.15) is 11.8 Å². The third-order valence-corrected chi connectivity index (χ3v) is 3.58. The SMILES string of the molecule is CSCC[C@H](N)C(=O)Nc1cc(Br)cc(OC(C)C)c1. The molecule has 0 aromatic heterocycles. The Kier molecular flexibility index (Phi) is 7.40. The number of nitrogens with one attached hydrogen (secondary N) is 1. The van der Waals surface area contributed by atoms with Gasteiger partial charge in [0.05, 0.1) is 12.1 Å².